The Balaban J connectivity index is 1.50. The van der Waals surface area contributed by atoms with E-state index in [2.05, 4.69) is 15.3 Å². The molecule has 2 aromatic carbocycles. The maximum absolute atomic E-state index is 13.5. The second-order valence-electron chi connectivity index (χ2n) is 8.68. The quantitative estimate of drug-likeness (QED) is 0.335. The van der Waals surface area contributed by atoms with Crippen LogP contribution in [-0.2, 0) is 4.79 Å². The van der Waals surface area contributed by atoms with Crippen LogP contribution in [0.4, 0.5) is 29.3 Å². The second-order valence-corrected chi connectivity index (χ2v) is 9.40. The molecule has 12 heteroatoms. The van der Waals surface area contributed by atoms with Crippen LogP contribution in [-0.4, -0.2) is 34.2 Å². The third kappa shape index (κ3) is 5.29. The van der Waals surface area contributed by atoms with E-state index in [4.69, 9.17) is 4.84 Å². The molecule has 37 heavy (non-hydrogen) atoms. The number of H-pyrrole nitrogens is 1. The van der Waals surface area contributed by atoms with Crippen LogP contribution in [0.5, 0.6) is 0 Å². The number of urea groups is 1. The Labute approximate surface area is 213 Å². The van der Waals surface area contributed by atoms with Gasteiger partial charge in [0.25, 0.3) is 0 Å². The summed E-state index contributed by atoms with van der Waals surface area (Å²) in [5.74, 6) is -2.32. The van der Waals surface area contributed by atoms with Crippen LogP contribution in [0.3, 0.4) is 0 Å². The number of hydrogen-bond acceptors (Lipinski definition) is 5. The molecule has 0 atom stereocenters. The molecular weight excluding hydrogens is 507 g/mol. The first kappa shape index (κ1) is 24.8. The van der Waals surface area contributed by atoms with E-state index in [0.29, 0.717) is 16.9 Å². The average molecular weight is 531 g/mol. The zero-order valence-electron chi connectivity index (χ0n) is 19.5. The molecule has 1 fully saturated rings. The normalized spacial score (nSPS) is 14.5. The monoisotopic (exact) mass is 530 g/mol. The number of fused-ring (bicyclic) bond motifs is 1. The highest BCUT2D eigenvalue weighted by Gasteiger charge is 2.44. The number of carbonyl (C=O) groups excluding carboxylic acids is 2. The van der Waals surface area contributed by atoms with Gasteiger partial charge in [-0.05, 0) is 41.8 Å². The van der Waals surface area contributed by atoms with Crippen molar-refractivity contribution in [2.75, 3.05) is 10.2 Å². The minimum Gasteiger partial charge on any atom is -0.307 e. The molecule has 192 valence electrons. The van der Waals surface area contributed by atoms with Gasteiger partial charge < -0.3 is 5.32 Å². The molecule has 0 aliphatic heterocycles. The smallest absolute Gasteiger partial charge is 0.307 e. The van der Waals surface area contributed by atoms with E-state index in [0.717, 1.165) is 42.5 Å². The van der Waals surface area contributed by atoms with Gasteiger partial charge in [-0.25, -0.2) is 24.4 Å². The van der Waals surface area contributed by atoms with E-state index < -0.39 is 12.1 Å². The molecule has 2 heterocycles. The van der Waals surface area contributed by atoms with Crippen molar-refractivity contribution in [3.05, 3.63) is 59.4 Å². The van der Waals surface area contributed by atoms with Crippen LogP contribution in [0, 0.1) is 0 Å². The summed E-state index contributed by atoms with van der Waals surface area (Å²) < 4.78 is 39.8. The fraction of sp³-hybridized carbons (Fsp3) is 0.280. The van der Waals surface area contributed by atoms with E-state index >= 15 is 0 Å². The van der Waals surface area contributed by atoms with Crippen LogP contribution in [0.1, 0.15) is 32.1 Å². The summed E-state index contributed by atoms with van der Waals surface area (Å²) in [5.41, 5.74) is 3.41. The van der Waals surface area contributed by atoms with Gasteiger partial charge in [-0.15, -0.1) is 11.3 Å². The molecule has 5 rings (SSSR count). The van der Waals surface area contributed by atoms with Gasteiger partial charge >= 0.3 is 24.0 Å². The Bertz CT molecular complexity index is 1400. The first-order valence-electron chi connectivity index (χ1n) is 11.7. The van der Waals surface area contributed by atoms with Crippen molar-refractivity contribution in [3.8, 4) is 11.5 Å². The number of para-hydroxylation sites is 1. The number of thiazole rings is 1. The molecule has 2 N–H and O–H groups in total. The second kappa shape index (κ2) is 10.2. The highest BCUT2D eigenvalue weighted by atomic mass is 32.1. The van der Waals surface area contributed by atoms with Gasteiger partial charge in [0.1, 0.15) is 0 Å². The Hall–Kier alpha value is -3.93. The van der Waals surface area contributed by atoms with Crippen LogP contribution in [0.15, 0.2) is 59.4 Å². The molecule has 4 aromatic rings. The number of amides is 2. The van der Waals surface area contributed by atoms with Crippen LogP contribution >= 0.6 is 11.3 Å². The number of carbonyl (C=O) groups is 2. The number of imidazole rings is 1. The van der Waals surface area contributed by atoms with Crippen molar-refractivity contribution in [1.29, 1.82) is 0 Å². The maximum Gasteiger partial charge on any atom is 0.495 e. The molecule has 8 nitrogen and oxygen atoms in total. The Morgan fingerprint density at radius 2 is 1.86 bits per heavy atom. The number of hydrogen-bond donors (Lipinski definition) is 2. The number of nitrogens with zero attached hydrogens (tertiary/aromatic N) is 3. The topological polar surface area (TPSA) is 91.2 Å². The fourth-order valence-electron chi connectivity index (χ4n) is 4.51. The summed E-state index contributed by atoms with van der Waals surface area (Å²) in [6.07, 6.45) is -0.255. The highest BCUT2D eigenvalue weighted by Crippen LogP contribution is 2.29. The molecule has 0 saturated heterocycles. The zero-order chi connectivity index (χ0) is 26.0. The number of benzene rings is 2. The lowest BCUT2D eigenvalue weighted by molar-refractivity contribution is -0.841. The third-order valence-corrected chi connectivity index (χ3v) is 6.78. The van der Waals surface area contributed by atoms with E-state index in [1.807, 2.05) is 30.3 Å². The van der Waals surface area contributed by atoms with Gasteiger partial charge in [-0.3, -0.25) is 4.90 Å². The minimum atomic E-state index is -5.20. The molecule has 2 aromatic heterocycles. The molecule has 1 aliphatic carbocycles. The summed E-state index contributed by atoms with van der Waals surface area (Å²) in [6, 6.07) is 13.7. The van der Waals surface area contributed by atoms with Gasteiger partial charge in [0.15, 0.2) is 11.2 Å². The molecule has 0 unspecified atom stereocenters. The fourth-order valence-corrected chi connectivity index (χ4v) is 5.05. The van der Waals surface area contributed by atoms with Gasteiger partial charge in [0, 0.05) is 28.9 Å². The SMILES string of the molecule is O=C(Nc1ccc2[nH]c(-c3cscn3)[n+](OC(=O)C(F)(F)F)c2c1)N(c1ccccc1)C1CCCCC1. The van der Waals surface area contributed by atoms with E-state index in [1.54, 1.807) is 22.4 Å². The van der Waals surface area contributed by atoms with Gasteiger partial charge in [-0.2, -0.15) is 13.2 Å². The first-order valence-corrected chi connectivity index (χ1v) is 12.7. The Morgan fingerprint density at radius 3 is 2.54 bits per heavy atom. The summed E-state index contributed by atoms with van der Waals surface area (Å²) in [4.78, 5) is 38.7. The number of aromatic amines is 1. The number of anilines is 2. The first-order chi connectivity index (χ1) is 17.8. The van der Waals surface area contributed by atoms with Gasteiger partial charge in [-0.1, -0.05) is 37.5 Å². The molecule has 2 amide bonds. The number of nitrogens with one attached hydrogen (secondary N) is 2. The van der Waals surface area contributed by atoms with E-state index in [-0.39, 0.29) is 23.4 Å². The number of alkyl halides is 3. The maximum atomic E-state index is 13.5. The van der Waals surface area contributed by atoms with Gasteiger partial charge in [0.05, 0.1) is 5.51 Å². The number of rotatable bonds is 5. The summed E-state index contributed by atoms with van der Waals surface area (Å²) in [6.45, 7) is 0. The van der Waals surface area contributed by atoms with E-state index in [9.17, 15) is 22.8 Å². The van der Waals surface area contributed by atoms with Gasteiger partial charge in [0.2, 0.25) is 5.52 Å². The van der Waals surface area contributed by atoms with Crippen LogP contribution < -0.4 is 19.8 Å². The minimum absolute atomic E-state index is 0.0288. The Kier molecular flexibility index (Phi) is 6.83. The van der Waals surface area contributed by atoms with Crippen molar-refractivity contribution in [1.82, 2.24) is 9.97 Å². The third-order valence-electron chi connectivity index (χ3n) is 6.20. The lowest BCUT2D eigenvalue weighted by Gasteiger charge is -2.34. The van der Waals surface area contributed by atoms with Crippen molar-refractivity contribution < 1.29 is 32.3 Å². The largest absolute Gasteiger partial charge is 0.495 e. The zero-order valence-corrected chi connectivity index (χ0v) is 20.3. The van der Waals surface area contributed by atoms with Crippen LogP contribution in [0.2, 0.25) is 0 Å². The summed E-state index contributed by atoms with van der Waals surface area (Å²) in [7, 11) is 0. The summed E-state index contributed by atoms with van der Waals surface area (Å²) >= 11 is 1.23. The number of aromatic nitrogens is 3. The molecule has 0 bridgehead atoms. The highest BCUT2D eigenvalue weighted by molar-refractivity contribution is 7.07. The lowest BCUT2D eigenvalue weighted by atomic mass is 9.94. The lowest BCUT2D eigenvalue weighted by Crippen LogP contribution is -2.51. The van der Waals surface area contributed by atoms with Crippen molar-refractivity contribution in [2.45, 2.75) is 44.3 Å². The van der Waals surface area contributed by atoms with Crippen molar-refractivity contribution >= 4 is 45.7 Å². The van der Waals surface area contributed by atoms with Crippen molar-refractivity contribution in [3.63, 3.8) is 0 Å². The molecule has 0 spiro atoms. The molecule has 1 aliphatic rings. The standard InChI is InChI=1S/C25H22F3N5O3S/c26-25(27,28)23(34)36-33-21-13-16(11-12-19(21)31-22(33)20-14-37-15-29-20)30-24(35)32(17-7-3-1-4-8-17)18-9-5-2-6-10-18/h1,3-4,7-8,11-15,18H,2,5-6,9-10H2,(H,30,35)/p+1. The molecule has 0 radical (unpaired) electrons. The molecule has 1 saturated carbocycles. The van der Waals surface area contributed by atoms with Crippen LogP contribution in [0.25, 0.3) is 22.6 Å². The summed E-state index contributed by atoms with van der Waals surface area (Å²) in [5, 5.41) is 4.47. The average Bonchev–Trinajstić information content (AvgIpc) is 3.53. The number of halogens is 3. The van der Waals surface area contributed by atoms with E-state index in [1.165, 1.54) is 22.9 Å². The van der Waals surface area contributed by atoms with Crippen molar-refractivity contribution in [2.24, 2.45) is 0 Å². The molecular formula is C25H23F3N5O3S+. The Morgan fingerprint density at radius 1 is 1.11 bits per heavy atom. The predicted octanol–water partition coefficient (Wildman–Crippen LogP) is 5.47. The predicted molar refractivity (Wildman–Crippen MR) is 132 cm³/mol.